The maximum absolute atomic E-state index is 15.1. The van der Waals surface area contributed by atoms with Gasteiger partial charge in [0.25, 0.3) is 0 Å². The molecule has 3 atom stereocenters. The summed E-state index contributed by atoms with van der Waals surface area (Å²) in [5.41, 5.74) is 3.44. The van der Waals surface area contributed by atoms with Crippen molar-refractivity contribution in [2.75, 3.05) is 20.3 Å². The average Bonchev–Trinajstić information content (AvgIpc) is 3.41. The molecule has 0 radical (unpaired) electrons. The van der Waals surface area contributed by atoms with Crippen molar-refractivity contribution in [3.05, 3.63) is 51.9 Å². The van der Waals surface area contributed by atoms with E-state index in [2.05, 4.69) is 44.9 Å². The summed E-state index contributed by atoms with van der Waals surface area (Å²) in [6.07, 6.45) is 9.23. The van der Waals surface area contributed by atoms with E-state index < -0.39 is 5.67 Å². The Kier molecular flexibility index (Phi) is 5.66. The van der Waals surface area contributed by atoms with Crippen LogP contribution in [-0.4, -0.2) is 51.6 Å². The van der Waals surface area contributed by atoms with Crippen molar-refractivity contribution in [3.63, 3.8) is 0 Å². The minimum absolute atomic E-state index is 0.00496. The van der Waals surface area contributed by atoms with E-state index in [0.29, 0.717) is 19.4 Å². The molecular weight excluding hydrogens is 499 g/mol. The Morgan fingerprint density at radius 1 is 1.24 bits per heavy atom. The molecular formula is C26H30BrFN4O2. The van der Waals surface area contributed by atoms with E-state index in [1.807, 2.05) is 23.1 Å². The quantitative estimate of drug-likeness (QED) is 0.395. The van der Waals surface area contributed by atoms with Crippen LogP contribution >= 0.6 is 15.9 Å². The van der Waals surface area contributed by atoms with E-state index in [0.717, 1.165) is 59.1 Å². The van der Waals surface area contributed by atoms with Crippen LogP contribution in [0.5, 0.6) is 5.75 Å². The molecule has 4 heterocycles. The molecule has 1 aliphatic carbocycles. The van der Waals surface area contributed by atoms with Gasteiger partial charge in [0.1, 0.15) is 16.0 Å². The molecule has 3 aromatic rings. The monoisotopic (exact) mass is 528 g/mol. The Balaban J connectivity index is 1.49. The summed E-state index contributed by atoms with van der Waals surface area (Å²) in [4.78, 5) is 6.83. The Hall–Kier alpha value is -2.03. The van der Waals surface area contributed by atoms with Crippen molar-refractivity contribution in [1.29, 1.82) is 0 Å². The molecule has 6 nitrogen and oxygen atoms in total. The van der Waals surface area contributed by atoms with Gasteiger partial charge in [-0.1, -0.05) is 6.07 Å². The SMILES string of the molecule is COc1cc(Br)ncc1C1c2ccc3c(cnn3C3CCCCO3)c2C[C@@H](C)N1CC1(F)CC1. The summed E-state index contributed by atoms with van der Waals surface area (Å²) < 4.78 is 29.7. The predicted molar refractivity (Wildman–Crippen MR) is 132 cm³/mol. The lowest BCUT2D eigenvalue weighted by molar-refractivity contribution is -0.0366. The molecule has 0 spiro atoms. The third kappa shape index (κ3) is 3.84. The number of benzene rings is 1. The van der Waals surface area contributed by atoms with Crippen LogP contribution in [0, 0.1) is 0 Å². The van der Waals surface area contributed by atoms with Gasteiger partial charge in [-0.05, 0) is 78.6 Å². The highest BCUT2D eigenvalue weighted by molar-refractivity contribution is 9.10. The van der Waals surface area contributed by atoms with E-state index in [-0.39, 0.29) is 18.3 Å². The molecule has 1 aromatic carbocycles. The second-order valence-corrected chi connectivity index (χ2v) is 10.8. The Morgan fingerprint density at radius 2 is 2.09 bits per heavy atom. The zero-order valence-electron chi connectivity index (χ0n) is 19.6. The number of methoxy groups -OCH3 is 1. The number of alkyl halides is 1. The fraction of sp³-hybridized carbons (Fsp3) is 0.538. The number of nitrogens with zero attached hydrogens (tertiary/aromatic N) is 4. The van der Waals surface area contributed by atoms with Crippen LogP contribution in [0.15, 0.2) is 35.2 Å². The number of hydrogen-bond donors (Lipinski definition) is 0. The Morgan fingerprint density at radius 3 is 2.82 bits per heavy atom. The summed E-state index contributed by atoms with van der Waals surface area (Å²) in [7, 11) is 1.68. The predicted octanol–water partition coefficient (Wildman–Crippen LogP) is 5.74. The highest BCUT2D eigenvalue weighted by atomic mass is 79.9. The second-order valence-electron chi connectivity index (χ2n) is 10.0. The lowest BCUT2D eigenvalue weighted by Gasteiger charge is -2.43. The minimum atomic E-state index is -1.09. The molecule has 34 heavy (non-hydrogen) atoms. The maximum atomic E-state index is 15.1. The Labute approximate surface area is 207 Å². The highest BCUT2D eigenvalue weighted by Gasteiger charge is 2.48. The van der Waals surface area contributed by atoms with Crippen molar-refractivity contribution in [2.45, 2.75) is 69.4 Å². The van der Waals surface area contributed by atoms with Crippen molar-refractivity contribution in [2.24, 2.45) is 0 Å². The molecule has 0 bridgehead atoms. The summed E-state index contributed by atoms with van der Waals surface area (Å²) in [5.74, 6) is 0.757. The number of hydrogen-bond acceptors (Lipinski definition) is 5. The van der Waals surface area contributed by atoms with E-state index in [9.17, 15) is 0 Å². The molecule has 0 N–H and O–H groups in total. The average molecular weight is 529 g/mol. The van der Waals surface area contributed by atoms with Gasteiger partial charge in [-0.3, -0.25) is 4.90 Å². The standard InChI is InChI=1S/C26H30BrFN4O2/c1-16-11-18-17(6-7-21-19(18)14-30-32(21)24-5-3-4-10-34-24)25(31(16)15-26(28)8-9-26)20-13-29-23(27)12-22(20)33-2/h6-7,12-14,16,24-25H,3-5,8-11,15H2,1-2H3/t16-,24?,25?/m1/s1. The van der Waals surface area contributed by atoms with Crippen molar-refractivity contribution < 1.29 is 13.9 Å². The van der Waals surface area contributed by atoms with Crippen molar-refractivity contribution in [1.82, 2.24) is 19.7 Å². The van der Waals surface area contributed by atoms with Gasteiger partial charge < -0.3 is 9.47 Å². The van der Waals surface area contributed by atoms with Crippen molar-refractivity contribution >= 4 is 26.8 Å². The van der Waals surface area contributed by atoms with E-state index in [1.165, 1.54) is 11.1 Å². The third-order valence-electron chi connectivity index (χ3n) is 7.68. The smallest absolute Gasteiger partial charge is 0.150 e. The van der Waals surface area contributed by atoms with Gasteiger partial charge in [0.05, 0.1) is 24.9 Å². The largest absolute Gasteiger partial charge is 0.496 e. The first kappa shape index (κ1) is 22.4. The molecule has 3 aliphatic rings. The fourth-order valence-corrected chi connectivity index (χ4v) is 6.00. The normalized spacial score (nSPS) is 26.4. The number of rotatable bonds is 5. The van der Waals surface area contributed by atoms with Gasteiger partial charge in [-0.15, -0.1) is 0 Å². The van der Waals surface area contributed by atoms with E-state index in [1.54, 1.807) is 7.11 Å². The molecule has 2 unspecified atom stereocenters. The van der Waals surface area contributed by atoms with Gasteiger partial charge in [-0.2, -0.15) is 5.10 Å². The van der Waals surface area contributed by atoms with Gasteiger partial charge in [0.2, 0.25) is 0 Å². The highest BCUT2D eigenvalue weighted by Crippen LogP contribution is 2.48. The summed E-state index contributed by atoms with van der Waals surface area (Å²) >= 11 is 3.46. The van der Waals surface area contributed by atoms with Gasteiger partial charge in [0.15, 0.2) is 6.23 Å². The van der Waals surface area contributed by atoms with E-state index in [4.69, 9.17) is 14.6 Å². The molecule has 2 fully saturated rings. The number of ether oxygens (including phenoxy) is 2. The summed E-state index contributed by atoms with van der Waals surface area (Å²) in [6.45, 7) is 3.41. The van der Waals surface area contributed by atoms with Crippen LogP contribution in [0.4, 0.5) is 4.39 Å². The molecule has 8 heteroatoms. The molecule has 1 saturated heterocycles. The van der Waals surface area contributed by atoms with Gasteiger partial charge >= 0.3 is 0 Å². The Bertz CT molecular complexity index is 1220. The molecule has 180 valence electrons. The molecule has 2 aliphatic heterocycles. The van der Waals surface area contributed by atoms with Gasteiger partial charge in [0, 0.05) is 42.4 Å². The van der Waals surface area contributed by atoms with E-state index >= 15 is 4.39 Å². The molecule has 2 aromatic heterocycles. The van der Waals surface area contributed by atoms with Gasteiger partial charge in [-0.25, -0.2) is 14.1 Å². The first-order chi connectivity index (χ1) is 16.5. The van der Waals surface area contributed by atoms with Crippen molar-refractivity contribution in [3.8, 4) is 5.75 Å². The minimum Gasteiger partial charge on any atom is -0.496 e. The lowest BCUT2D eigenvalue weighted by atomic mass is 9.83. The first-order valence-electron chi connectivity index (χ1n) is 12.2. The number of fused-ring (bicyclic) bond motifs is 3. The zero-order chi connectivity index (χ0) is 23.4. The van der Waals surface area contributed by atoms with Crippen LogP contribution < -0.4 is 4.74 Å². The van der Waals surface area contributed by atoms with Crippen LogP contribution in [-0.2, 0) is 11.2 Å². The summed E-state index contributed by atoms with van der Waals surface area (Å²) in [6, 6.07) is 6.27. The topological polar surface area (TPSA) is 52.4 Å². The van der Waals surface area contributed by atoms with Crippen LogP contribution in [0.2, 0.25) is 0 Å². The van der Waals surface area contributed by atoms with Crippen LogP contribution in [0.1, 0.15) is 68.0 Å². The number of aromatic nitrogens is 3. The second kappa shape index (κ2) is 8.57. The molecule has 6 rings (SSSR count). The maximum Gasteiger partial charge on any atom is 0.150 e. The number of halogens is 2. The third-order valence-corrected chi connectivity index (χ3v) is 8.12. The van der Waals surface area contributed by atoms with Crippen LogP contribution in [0.25, 0.3) is 10.9 Å². The van der Waals surface area contributed by atoms with Crippen LogP contribution in [0.3, 0.4) is 0 Å². The zero-order valence-corrected chi connectivity index (χ0v) is 21.2. The first-order valence-corrected chi connectivity index (χ1v) is 13.0. The lowest BCUT2D eigenvalue weighted by Crippen LogP contribution is -2.46. The molecule has 1 saturated carbocycles. The summed E-state index contributed by atoms with van der Waals surface area (Å²) in [5, 5.41) is 5.92. The fourth-order valence-electron chi connectivity index (χ4n) is 5.69. The molecule has 0 amide bonds. The number of pyridine rings is 1.